The minimum atomic E-state index is -0.651. The molecule has 0 heterocycles. The van der Waals surface area contributed by atoms with Crippen molar-refractivity contribution in [3.8, 4) is 0 Å². The van der Waals surface area contributed by atoms with Crippen molar-refractivity contribution in [1.29, 1.82) is 0 Å². The van der Waals surface area contributed by atoms with E-state index in [0.717, 1.165) is 25.7 Å². The normalized spacial score (nSPS) is 11.4. The molecular formula is C40H79NO3. The van der Waals surface area contributed by atoms with Crippen molar-refractivity contribution in [3.63, 3.8) is 0 Å². The van der Waals surface area contributed by atoms with Crippen LogP contribution in [0.4, 0.5) is 0 Å². The molecule has 0 radical (unpaired) electrons. The second-order valence-corrected chi connectivity index (χ2v) is 14.1. The van der Waals surface area contributed by atoms with Crippen LogP contribution in [0.2, 0.25) is 0 Å². The molecule has 4 nitrogen and oxygen atoms in total. The Morgan fingerprint density at radius 3 is 0.545 bits per heavy atom. The van der Waals surface area contributed by atoms with Gasteiger partial charge in [-0.15, -0.1) is 0 Å². The number of carboxylic acid groups (broad SMARTS) is 1. The quantitative estimate of drug-likeness (QED) is 0.0670. The molecule has 0 fully saturated rings. The van der Waals surface area contributed by atoms with Crippen molar-refractivity contribution in [2.45, 2.75) is 244 Å². The van der Waals surface area contributed by atoms with Gasteiger partial charge >= 0.3 is 5.97 Å². The Morgan fingerprint density at radius 1 is 0.273 bits per heavy atom. The van der Waals surface area contributed by atoms with Crippen molar-refractivity contribution >= 4 is 11.9 Å². The van der Waals surface area contributed by atoms with E-state index in [1.54, 1.807) is 0 Å². The van der Waals surface area contributed by atoms with Gasteiger partial charge in [0.2, 0.25) is 5.91 Å². The van der Waals surface area contributed by atoms with Crippen molar-refractivity contribution in [1.82, 2.24) is 0 Å². The van der Waals surface area contributed by atoms with Gasteiger partial charge in [-0.3, -0.25) is 9.59 Å². The number of nitrogens with two attached hydrogens (primary N) is 1. The molecule has 0 unspecified atom stereocenters. The highest BCUT2D eigenvalue weighted by Crippen LogP contribution is 2.17. The summed E-state index contributed by atoms with van der Waals surface area (Å²) in [5.74, 6) is -0.804. The van der Waals surface area contributed by atoms with Crippen LogP contribution in [0.1, 0.15) is 244 Å². The van der Waals surface area contributed by atoms with Gasteiger partial charge in [-0.2, -0.15) is 0 Å². The van der Waals surface area contributed by atoms with E-state index in [-0.39, 0.29) is 5.91 Å². The monoisotopic (exact) mass is 622 g/mol. The lowest BCUT2D eigenvalue weighted by atomic mass is 10.0. The zero-order chi connectivity index (χ0) is 32.0. The van der Waals surface area contributed by atoms with Gasteiger partial charge in [-0.25, -0.2) is 0 Å². The Kier molecular flexibility index (Phi) is 37.2. The molecule has 0 saturated carbocycles. The zero-order valence-corrected chi connectivity index (χ0v) is 29.7. The van der Waals surface area contributed by atoms with Gasteiger partial charge < -0.3 is 10.8 Å². The number of carbonyl (C=O) groups is 2. The SMILES string of the molecule is NC(=O)CCCCCCCCCCCCCCCCCCCCCCCCCCCCCCCCCCCCCCC(=O)O. The Hall–Kier alpha value is -1.06. The Bertz CT molecular complexity index is 529. The van der Waals surface area contributed by atoms with Gasteiger partial charge in [0.15, 0.2) is 0 Å². The number of carboxylic acids is 1. The summed E-state index contributed by atoms with van der Waals surface area (Å²) in [5.41, 5.74) is 5.17. The number of rotatable bonds is 39. The lowest BCUT2D eigenvalue weighted by Crippen LogP contribution is -2.09. The molecule has 4 heteroatoms. The zero-order valence-electron chi connectivity index (χ0n) is 29.7. The molecule has 44 heavy (non-hydrogen) atoms. The number of amides is 1. The van der Waals surface area contributed by atoms with Crippen molar-refractivity contribution in [2.75, 3.05) is 0 Å². The number of primary amides is 1. The summed E-state index contributed by atoms with van der Waals surface area (Å²) in [7, 11) is 0. The fraction of sp³-hybridized carbons (Fsp3) is 0.950. The van der Waals surface area contributed by atoms with Crippen molar-refractivity contribution in [2.24, 2.45) is 5.73 Å². The van der Waals surface area contributed by atoms with E-state index >= 15 is 0 Å². The molecule has 0 aliphatic carbocycles. The van der Waals surface area contributed by atoms with Crippen LogP contribution in [0.25, 0.3) is 0 Å². The summed E-state index contributed by atoms with van der Waals surface area (Å²) in [6, 6.07) is 0. The summed E-state index contributed by atoms with van der Waals surface area (Å²) >= 11 is 0. The number of hydrogen-bond acceptors (Lipinski definition) is 2. The fourth-order valence-corrected chi connectivity index (χ4v) is 6.59. The van der Waals surface area contributed by atoms with E-state index in [1.165, 1.54) is 205 Å². The lowest BCUT2D eigenvalue weighted by Gasteiger charge is -2.05. The molecule has 0 aromatic rings. The largest absolute Gasteiger partial charge is 0.481 e. The van der Waals surface area contributed by atoms with E-state index in [4.69, 9.17) is 10.8 Å². The first-order valence-electron chi connectivity index (χ1n) is 20.1. The van der Waals surface area contributed by atoms with E-state index in [9.17, 15) is 9.59 Å². The molecular weight excluding hydrogens is 542 g/mol. The molecule has 0 aromatic carbocycles. The lowest BCUT2D eigenvalue weighted by molar-refractivity contribution is -0.137. The highest BCUT2D eigenvalue weighted by atomic mass is 16.4. The maximum Gasteiger partial charge on any atom is 0.303 e. The maximum atomic E-state index is 10.7. The van der Waals surface area contributed by atoms with Gasteiger partial charge in [0.05, 0.1) is 0 Å². The van der Waals surface area contributed by atoms with Gasteiger partial charge in [-0.1, -0.05) is 218 Å². The summed E-state index contributed by atoms with van der Waals surface area (Å²) in [6.07, 6.45) is 50.1. The Morgan fingerprint density at radius 2 is 0.409 bits per heavy atom. The number of carbonyl (C=O) groups excluding carboxylic acids is 1. The number of aliphatic carboxylic acids is 1. The molecule has 0 rings (SSSR count). The molecule has 0 atom stereocenters. The van der Waals surface area contributed by atoms with Gasteiger partial charge in [0.1, 0.15) is 0 Å². The van der Waals surface area contributed by atoms with E-state index < -0.39 is 5.97 Å². The van der Waals surface area contributed by atoms with Crippen LogP contribution >= 0.6 is 0 Å². The third-order valence-electron chi connectivity index (χ3n) is 9.56. The molecule has 0 saturated heterocycles. The summed E-state index contributed by atoms with van der Waals surface area (Å²) < 4.78 is 0. The topological polar surface area (TPSA) is 80.4 Å². The first-order valence-corrected chi connectivity index (χ1v) is 20.1. The summed E-state index contributed by atoms with van der Waals surface area (Å²) in [5, 5.41) is 8.64. The second-order valence-electron chi connectivity index (χ2n) is 14.1. The first-order chi connectivity index (χ1) is 21.6. The van der Waals surface area contributed by atoms with E-state index in [2.05, 4.69) is 0 Å². The summed E-state index contributed by atoms with van der Waals surface area (Å²) in [4.78, 5) is 21.2. The standard InChI is InChI=1S/C40H79NO3/c41-39(42)37-35-33-31-29-27-25-23-21-19-17-15-13-11-9-7-5-3-1-2-4-6-8-10-12-14-16-18-20-22-24-26-28-30-32-34-36-38-40(43)44/h1-38H2,(H2,41,42)(H,43,44). The third-order valence-corrected chi connectivity index (χ3v) is 9.56. The van der Waals surface area contributed by atoms with Crippen LogP contribution in [0.15, 0.2) is 0 Å². The molecule has 0 aliphatic heterocycles. The smallest absolute Gasteiger partial charge is 0.303 e. The van der Waals surface area contributed by atoms with Crippen LogP contribution in [0, 0.1) is 0 Å². The van der Waals surface area contributed by atoms with Crippen LogP contribution in [-0.2, 0) is 9.59 Å². The first kappa shape index (κ1) is 42.9. The molecule has 0 bridgehead atoms. The number of unbranched alkanes of at least 4 members (excludes halogenated alkanes) is 35. The second kappa shape index (κ2) is 38.1. The van der Waals surface area contributed by atoms with Crippen LogP contribution < -0.4 is 5.73 Å². The summed E-state index contributed by atoms with van der Waals surface area (Å²) in [6.45, 7) is 0. The predicted octanol–water partition coefficient (Wildman–Crippen LogP) is 13.4. The van der Waals surface area contributed by atoms with Crippen LogP contribution in [0.5, 0.6) is 0 Å². The molecule has 262 valence electrons. The highest BCUT2D eigenvalue weighted by Gasteiger charge is 1.99. The minimum Gasteiger partial charge on any atom is -0.481 e. The van der Waals surface area contributed by atoms with Crippen LogP contribution in [0.3, 0.4) is 0 Å². The predicted molar refractivity (Wildman–Crippen MR) is 192 cm³/mol. The average Bonchev–Trinajstić information content (AvgIpc) is 3.00. The number of hydrogen-bond donors (Lipinski definition) is 2. The molecule has 0 spiro atoms. The van der Waals surface area contributed by atoms with E-state index in [0.29, 0.717) is 12.8 Å². The minimum absolute atomic E-state index is 0.152. The average molecular weight is 622 g/mol. The third kappa shape index (κ3) is 40.9. The molecule has 3 N–H and O–H groups in total. The Labute approximate surface area is 275 Å². The van der Waals surface area contributed by atoms with Gasteiger partial charge in [-0.05, 0) is 12.8 Å². The van der Waals surface area contributed by atoms with Crippen LogP contribution in [-0.4, -0.2) is 17.0 Å². The Balaban J connectivity index is 3.05. The molecule has 1 amide bonds. The molecule has 0 aliphatic rings. The van der Waals surface area contributed by atoms with Gasteiger partial charge in [0, 0.05) is 12.8 Å². The fourth-order valence-electron chi connectivity index (χ4n) is 6.59. The van der Waals surface area contributed by atoms with Crippen molar-refractivity contribution in [3.05, 3.63) is 0 Å². The van der Waals surface area contributed by atoms with Crippen molar-refractivity contribution < 1.29 is 14.7 Å². The van der Waals surface area contributed by atoms with E-state index in [1.807, 2.05) is 0 Å². The van der Waals surface area contributed by atoms with Gasteiger partial charge in [0.25, 0.3) is 0 Å². The maximum absolute atomic E-state index is 10.7. The molecule has 0 aromatic heterocycles. The highest BCUT2D eigenvalue weighted by molar-refractivity contribution is 5.73.